The molecule has 0 radical (unpaired) electrons. The molecule has 1 aromatic carbocycles. The third-order valence-electron chi connectivity index (χ3n) is 3.30. The van der Waals surface area contributed by atoms with Crippen LogP contribution in [0, 0.1) is 0 Å². The molecule has 0 fully saturated rings. The van der Waals surface area contributed by atoms with Crippen LogP contribution in [0.4, 0.5) is 0 Å². The molecule has 108 valence electrons. The number of ether oxygens (including phenoxy) is 2. The topological polar surface area (TPSA) is 30.5 Å². The van der Waals surface area contributed by atoms with Crippen molar-refractivity contribution in [2.75, 3.05) is 33.4 Å². The lowest BCUT2D eigenvalue weighted by Gasteiger charge is -2.15. The molecular weight excluding hydrogens is 238 g/mol. The zero-order chi connectivity index (χ0) is 13.9. The summed E-state index contributed by atoms with van der Waals surface area (Å²) in [5.41, 5.74) is 1.31. The minimum atomic E-state index is 0.547. The van der Waals surface area contributed by atoms with E-state index >= 15 is 0 Å². The Kier molecular flexibility index (Phi) is 8.26. The fourth-order valence-electron chi connectivity index (χ4n) is 1.94. The van der Waals surface area contributed by atoms with Gasteiger partial charge in [0.2, 0.25) is 0 Å². The standard InChI is InChI=1S/C16H27NO2/c1-4-14(2)15-8-5-6-9-16(15)19-13-11-17-10-7-12-18-3/h5-6,8-9,14,17H,4,7,10-13H2,1-3H3/t14-/m0/s1. The van der Waals surface area contributed by atoms with E-state index in [9.17, 15) is 0 Å². The van der Waals surface area contributed by atoms with Crippen LogP contribution < -0.4 is 10.1 Å². The van der Waals surface area contributed by atoms with Crippen molar-refractivity contribution in [1.82, 2.24) is 5.32 Å². The Bertz CT molecular complexity index is 341. The van der Waals surface area contributed by atoms with E-state index in [1.807, 2.05) is 6.07 Å². The van der Waals surface area contributed by atoms with Crippen molar-refractivity contribution in [3.8, 4) is 5.75 Å². The molecule has 0 aliphatic carbocycles. The van der Waals surface area contributed by atoms with Gasteiger partial charge in [0, 0.05) is 20.3 Å². The van der Waals surface area contributed by atoms with Gasteiger partial charge in [-0.2, -0.15) is 0 Å². The van der Waals surface area contributed by atoms with E-state index in [1.54, 1.807) is 7.11 Å². The van der Waals surface area contributed by atoms with Gasteiger partial charge in [-0.3, -0.25) is 0 Å². The number of para-hydroxylation sites is 1. The van der Waals surface area contributed by atoms with Crippen LogP contribution in [0.25, 0.3) is 0 Å². The van der Waals surface area contributed by atoms with Gasteiger partial charge in [-0.05, 0) is 36.9 Å². The molecule has 0 bridgehead atoms. The molecule has 0 saturated carbocycles. The predicted molar refractivity (Wildman–Crippen MR) is 80.0 cm³/mol. The van der Waals surface area contributed by atoms with Crippen LogP contribution in [-0.2, 0) is 4.74 Å². The second-order valence-electron chi connectivity index (χ2n) is 4.79. The molecule has 0 spiro atoms. The Labute approximate surface area is 117 Å². The summed E-state index contributed by atoms with van der Waals surface area (Å²) in [5, 5.41) is 3.35. The monoisotopic (exact) mass is 265 g/mol. The predicted octanol–water partition coefficient (Wildman–Crippen LogP) is 3.21. The average molecular weight is 265 g/mol. The van der Waals surface area contributed by atoms with Gasteiger partial charge >= 0.3 is 0 Å². The Morgan fingerprint density at radius 3 is 2.68 bits per heavy atom. The first-order valence-corrected chi connectivity index (χ1v) is 7.21. The van der Waals surface area contributed by atoms with Gasteiger partial charge in [-0.1, -0.05) is 32.0 Å². The zero-order valence-corrected chi connectivity index (χ0v) is 12.4. The van der Waals surface area contributed by atoms with E-state index < -0.39 is 0 Å². The Hall–Kier alpha value is -1.06. The van der Waals surface area contributed by atoms with Gasteiger partial charge in [0.1, 0.15) is 12.4 Å². The number of hydrogen-bond acceptors (Lipinski definition) is 3. The molecule has 1 aromatic rings. The fraction of sp³-hybridized carbons (Fsp3) is 0.625. The minimum Gasteiger partial charge on any atom is -0.492 e. The number of nitrogens with one attached hydrogen (secondary N) is 1. The first-order chi connectivity index (χ1) is 9.29. The summed E-state index contributed by atoms with van der Waals surface area (Å²) in [5.74, 6) is 1.57. The van der Waals surface area contributed by atoms with Gasteiger partial charge in [-0.15, -0.1) is 0 Å². The van der Waals surface area contributed by atoms with Gasteiger partial charge in [0.15, 0.2) is 0 Å². The van der Waals surface area contributed by atoms with Crippen molar-refractivity contribution < 1.29 is 9.47 Å². The maximum Gasteiger partial charge on any atom is 0.122 e. The SMILES string of the molecule is CC[C@H](C)c1ccccc1OCCNCCCOC. The fourth-order valence-corrected chi connectivity index (χ4v) is 1.94. The average Bonchev–Trinajstić information content (AvgIpc) is 2.46. The molecule has 0 unspecified atom stereocenters. The van der Waals surface area contributed by atoms with E-state index in [1.165, 1.54) is 5.56 Å². The molecule has 0 heterocycles. The van der Waals surface area contributed by atoms with E-state index in [2.05, 4.69) is 37.4 Å². The van der Waals surface area contributed by atoms with Gasteiger partial charge in [0.25, 0.3) is 0 Å². The molecule has 1 rings (SSSR count). The van der Waals surface area contributed by atoms with Crippen molar-refractivity contribution in [2.45, 2.75) is 32.6 Å². The van der Waals surface area contributed by atoms with Gasteiger partial charge in [0.05, 0.1) is 0 Å². The molecule has 0 aromatic heterocycles. The van der Waals surface area contributed by atoms with E-state index in [0.29, 0.717) is 12.5 Å². The summed E-state index contributed by atoms with van der Waals surface area (Å²) in [6.45, 7) is 7.82. The first kappa shape index (κ1) is 16.0. The lowest BCUT2D eigenvalue weighted by atomic mass is 9.98. The van der Waals surface area contributed by atoms with Crippen LogP contribution in [0.3, 0.4) is 0 Å². The van der Waals surface area contributed by atoms with Gasteiger partial charge in [-0.25, -0.2) is 0 Å². The lowest BCUT2D eigenvalue weighted by Crippen LogP contribution is -2.23. The van der Waals surface area contributed by atoms with Crippen LogP contribution in [0.5, 0.6) is 5.75 Å². The van der Waals surface area contributed by atoms with Crippen molar-refractivity contribution in [2.24, 2.45) is 0 Å². The van der Waals surface area contributed by atoms with Crippen LogP contribution in [0.2, 0.25) is 0 Å². The summed E-state index contributed by atoms with van der Waals surface area (Å²) in [7, 11) is 1.73. The molecule has 1 N–H and O–H groups in total. The van der Waals surface area contributed by atoms with Crippen LogP contribution in [-0.4, -0.2) is 33.4 Å². The van der Waals surface area contributed by atoms with Crippen LogP contribution in [0.15, 0.2) is 24.3 Å². The number of rotatable bonds is 10. The van der Waals surface area contributed by atoms with Crippen molar-refractivity contribution in [3.63, 3.8) is 0 Å². The van der Waals surface area contributed by atoms with E-state index in [-0.39, 0.29) is 0 Å². The summed E-state index contributed by atoms with van der Waals surface area (Å²) < 4.78 is 10.9. The molecule has 3 nitrogen and oxygen atoms in total. The highest BCUT2D eigenvalue weighted by molar-refractivity contribution is 5.35. The van der Waals surface area contributed by atoms with Crippen LogP contribution >= 0.6 is 0 Å². The second-order valence-corrected chi connectivity index (χ2v) is 4.79. The maximum atomic E-state index is 5.87. The number of benzene rings is 1. The van der Waals surface area contributed by atoms with Gasteiger partial charge < -0.3 is 14.8 Å². The Balaban J connectivity index is 2.29. The summed E-state index contributed by atoms with van der Waals surface area (Å²) >= 11 is 0. The molecule has 0 aliphatic rings. The maximum absolute atomic E-state index is 5.87. The Morgan fingerprint density at radius 2 is 1.95 bits per heavy atom. The van der Waals surface area contributed by atoms with Crippen molar-refractivity contribution in [3.05, 3.63) is 29.8 Å². The first-order valence-electron chi connectivity index (χ1n) is 7.21. The minimum absolute atomic E-state index is 0.547. The zero-order valence-electron chi connectivity index (χ0n) is 12.4. The Morgan fingerprint density at radius 1 is 1.16 bits per heavy atom. The molecular formula is C16H27NO2. The van der Waals surface area contributed by atoms with Crippen LogP contribution in [0.1, 0.15) is 38.2 Å². The molecule has 3 heteroatoms. The molecule has 19 heavy (non-hydrogen) atoms. The van der Waals surface area contributed by atoms with Crippen molar-refractivity contribution in [1.29, 1.82) is 0 Å². The third-order valence-corrected chi connectivity index (χ3v) is 3.30. The smallest absolute Gasteiger partial charge is 0.122 e. The molecule has 1 atom stereocenters. The summed E-state index contributed by atoms with van der Waals surface area (Å²) in [6, 6.07) is 8.34. The number of hydrogen-bond donors (Lipinski definition) is 1. The summed E-state index contributed by atoms with van der Waals surface area (Å²) in [6.07, 6.45) is 2.18. The molecule has 0 saturated heterocycles. The quantitative estimate of drug-likeness (QED) is 0.659. The highest BCUT2D eigenvalue weighted by Gasteiger charge is 2.08. The highest BCUT2D eigenvalue weighted by atomic mass is 16.5. The number of methoxy groups -OCH3 is 1. The van der Waals surface area contributed by atoms with E-state index in [4.69, 9.17) is 9.47 Å². The lowest BCUT2D eigenvalue weighted by molar-refractivity contribution is 0.193. The molecule has 0 aliphatic heterocycles. The third kappa shape index (κ3) is 6.08. The highest BCUT2D eigenvalue weighted by Crippen LogP contribution is 2.28. The van der Waals surface area contributed by atoms with E-state index in [0.717, 1.165) is 38.3 Å². The second kappa shape index (κ2) is 9.82. The summed E-state index contributed by atoms with van der Waals surface area (Å²) in [4.78, 5) is 0. The largest absolute Gasteiger partial charge is 0.492 e. The normalized spacial score (nSPS) is 12.4. The van der Waals surface area contributed by atoms with Crippen molar-refractivity contribution >= 4 is 0 Å². The molecule has 0 amide bonds.